The molecule has 0 amide bonds. The molecule has 0 aliphatic rings. The van der Waals surface area contributed by atoms with Crippen LogP contribution in [-0.4, -0.2) is 14.2 Å². The molecule has 0 radical (unpaired) electrons. The fraction of sp³-hybridized carbons (Fsp3) is 0.200. The highest BCUT2D eigenvalue weighted by molar-refractivity contribution is 5.66. The van der Waals surface area contributed by atoms with Crippen LogP contribution in [0, 0.1) is 5.82 Å². The molecular formula is C15H17FN2O. The zero-order valence-corrected chi connectivity index (χ0v) is 11.1. The summed E-state index contributed by atoms with van der Waals surface area (Å²) in [6.07, 6.45) is 0. The van der Waals surface area contributed by atoms with Gasteiger partial charge in [0, 0.05) is 31.0 Å². The zero-order chi connectivity index (χ0) is 13.8. The Morgan fingerprint density at radius 3 is 2.68 bits per heavy atom. The highest BCUT2D eigenvalue weighted by atomic mass is 19.1. The third-order valence-corrected chi connectivity index (χ3v) is 3.06. The molecule has 0 saturated heterocycles. The number of halogens is 1. The van der Waals surface area contributed by atoms with Crippen LogP contribution in [0.4, 0.5) is 15.8 Å². The van der Waals surface area contributed by atoms with Crippen LogP contribution >= 0.6 is 0 Å². The van der Waals surface area contributed by atoms with Crippen LogP contribution in [0.25, 0.3) is 0 Å². The van der Waals surface area contributed by atoms with Crippen molar-refractivity contribution < 1.29 is 9.13 Å². The molecule has 0 spiro atoms. The minimum absolute atomic E-state index is 0.275. The maximum Gasteiger partial charge on any atom is 0.123 e. The normalized spacial score (nSPS) is 10.3. The molecular weight excluding hydrogens is 243 g/mol. The van der Waals surface area contributed by atoms with E-state index in [1.165, 1.54) is 12.1 Å². The van der Waals surface area contributed by atoms with E-state index in [2.05, 4.69) is 0 Å². The topological polar surface area (TPSA) is 38.5 Å². The smallest absolute Gasteiger partial charge is 0.123 e. The van der Waals surface area contributed by atoms with E-state index in [1.807, 2.05) is 36.2 Å². The molecule has 2 rings (SSSR count). The molecule has 4 heteroatoms. The summed E-state index contributed by atoms with van der Waals surface area (Å²) in [5.74, 6) is 0.504. The van der Waals surface area contributed by atoms with Crippen molar-refractivity contribution in [2.75, 3.05) is 19.1 Å². The Morgan fingerprint density at radius 2 is 2.00 bits per heavy atom. The lowest BCUT2D eigenvalue weighted by Gasteiger charge is -2.22. The monoisotopic (exact) mass is 260 g/mol. The molecule has 2 aromatic rings. The number of ether oxygens (including phenoxy) is 1. The van der Waals surface area contributed by atoms with Crippen molar-refractivity contribution in [2.24, 2.45) is 5.73 Å². The van der Waals surface area contributed by atoms with Gasteiger partial charge in [0.15, 0.2) is 0 Å². The molecule has 2 N–H and O–H groups in total. The van der Waals surface area contributed by atoms with Crippen molar-refractivity contribution in [2.45, 2.75) is 6.54 Å². The summed E-state index contributed by atoms with van der Waals surface area (Å²) >= 11 is 0. The van der Waals surface area contributed by atoms with Gasteiger partial charge in [-0.3, -0.25) is 0 Å². The Balaban J connectivity index is 2.40. The van der Waals surface area contributed by atoms with E-state index in [0.717, 1.165) is 22.7 Å². The van der Waals surface area contributed by atoms with Gasteiger partial charge in [-0.05, 0) is 35.9 Å². The second-order valence-electron chi connectivity index (χ2n) is 4.24. The zero-order valence-electron chi connectivity index (χ0n) is 11.1. The molecule has 100 valence electrons. The van der Waals surface area contributed by atoms with Crippen molar-refractivity contribution in [3.8, 4) is 5.75 Å². The first-order valence-electron chi connectivity index (χ1n) is 6.02. The van der Waals surface area contributed by atoms with Gasteiger partial charge >= 0.3 is 0 Å². The Morgan fingerprint density at radius 1 is 1.21 bits per heavy atom. The van der Waals surface area contributed by atoms with E-state index < -0.39 is 0 Å². The summed E-state index contributed by atoms with van der Waals surface area (Å²) in [6, 6.07) is 12.3. The molecule has 0 aromatic heterocycles. The molecule has 2 aromatic carbocycles. The summed E-state index contributed by atoms with van der Waals surface area (Å²) in [4.78, 5) is 1.96. The van der Waals surface area contributed by atoms with Crippen molar-refractivity contribution >= 4 is 11.4 Å². The molecule has 0 aliphatic heterocycles. The predicted molar refractivity (Wildman–Crippen MR) is 75.3 cm³/mol. The minimum Gasteiger partial charge on any atom is -0.497 e. The Kier molecular flexibility index (Phi) is 4.02. The number of nitrogens with zero attached hydrogens (tertiary/aromatic N) is 1. The van der Waals surface area contributed by atoms with Gasteiger partial charge in [0.2, 0.25) is 0 Å². The molecule has 3 nitrogen and oxygen atoms in total. The first-order chi connectivity index (χ1) is 9.15. The van der Waals surface area contributed by atoms with Gasteiger partial charge in [0.25, 0.3) is 0 Å². The summed E-state index contributed by atoms with van der Waals surface area (Å²) in [5, 5.41) is 0. The lowest BCUT2D eigenvalue weighted by molar-refractivity contribution is 0.415. The van der Waals surface area contributed by atoms with Crippen LogP contribution in [0.3, 0.4) is 0 Å². The third-order valence-electron chi connectivity index (χ3n) is 3.06. The molecule has 0 saturated carbocycles. The van der Waals surface area contributed by atoms with E-state index in [1.54, 1.807) is 13.2 Å². The Bertz CT molecular complexity index is 572. The third kappa shape index (κ3) is 2.85. The second kappa shape index (κ2) is 5.71. The summed E-state index contributed by atoms with van der Waals surface area (Å²) in [6.45, 7) is 0.293. The lowest BCUT2D eigenvalue weighted by Crippen LogP contribution is -2.13. The number of anilines is 2. The van der Waals surface area contributed by atoms with Crippen LogP contribution in [0.2, 0.25) is 0 Å². The number of methoxy groups -OCH3 is 1. The van der Waals surface area contributed by atoms with Gasteiger partial charge in [-0.15, -0.1) is 0 Å². The largest absolute Gasteiger partial charge is 0.497 e. The average molecular weight is 260 g/mol. The first kappa shape index (κ1) is 13.4. The van der Waals surface area contributed by atoms with Gasteiger partial charge in [-0.1, -0.05) is 6.07 Å². The van der Waals surface area contributed by atoms with E-state index >= 15 is 0 Å². The second-order valence-corrected chi connectivity index (χ2v) is 4.24. The Hall–Kier alpha value is -2.07. The van der Waals surface area contributed by atoms with E-state index in [4.69, 9.17) is 10.5 Å². The molecule has 19 heavy (non-hydrogen) atoms. The number of hydrogen-bond acceptors (Lipinski definition) is 3. The predicted octanol–water partition coefficient (Wildman–Crippen LogP) is 3.06. The van der Waals surface area contributed by atoms with E-state index in [-0.39, 0.29) is 5.82 Å². The van der Waals surface area contributed by atoms with E-state index in [9.17, 15) is 4.39 Å². The van der Waals surface area contributed by atoms with Gasteiger partial charge in [-0.25, -0.2) is 4.39 Å². The summed E-state index contributed by atoms with van der Waals surface area (Å²) in [7, 11) is 3.55. The average Bonchev–Trinajstić information content (AvgIpc) is 2.46. The van der Waals surface area contributed by atoms with Gasteiger partial charge in [-0.2, -0.15) is 0 Å². The van der Waals surface area contributed by atoms with Crippen LogP contribution < -0.4 is 15.4 Å². The number of rotatable bonds is 4. The van der Waals surface area contributed by atoms with Crippen LogP contribution in [0.15, 0.2) is 42.5 Å². The fourth-order valence-electron chi connectivity index (χ4n) is 2.00. The molecule has 0 fully saturated rings. The van der Waals surface area contributed by atoms with Crippen LogP contribution in [0.1, 0.15) is 5.56 Å². The quantitative estimate of drug-likeness (QED) is 0.918. The molecule has 0 unspecified atom stereocenters. The van der Waals surface area contributed by atoms with E-state index in [0.29, 0.717) is 6.54 Å². The lowest BCUT2D eigenvalue weighted by atomic mass is 10.1. The van der Waals surface area contributed by atoms with Gasteiger partial charge in [0.1, 0.15) is 11.6 Å². The molecule has 0 aliphatic carbocycles. The fourth-order valence-corrected chi connectivity index (χ4v) is 2.00. The van der Waals surface area contributed by atoms with Crippen molar-refractivity contribution in [1.82, 2.24) is 0 Å². The first-order valence-corrected chi connectivity index (χ1v) is 6.02. The minimum atomic E-state index is -0.275. The SMILES string of the molecule is COc1cccc(N(C)c2ccc(F)cc2CN)c1. The number of benzene rings is 2. The van der Waals surface area contributed by atoms with Crippen LogP contribution in [-0.2, 0) is 6.54 Å². The number of hydrogen-bond donors (Lipinski definition) is 1. The van der Waals surface area contributed by atoms with Crippen LogP contribution in [0.5, 0.6) is 5.75 Å². The Labute approximate surface area is 112 Å². The molecule has 0 heterocycles. The standard InChI is InChI=1S/C15H17FN2O/c1-18(13-4-3-5-14(9-13)19-2)15-7-6-12(16)8-11(15)10-17/h3-9H,10,17H2,1-2H3. The highest BCUT2D eigenvalue weighted by Gasteiger charge is 2.10. The molecule has 0 bridgehead atoms. The maximum atomic E-state index is 13.2. The number of nitrogens with two attached hydrogens (primary N) is 1. The van der Waals surface area contributed by atoms with Crippen molar-refractivity contribution in [3.63, 3.8) is 0 Å². The maximum absolute atomic E-state index is 13.2. The van der Waals surface area contributed by atoms with Crippen molar-refractivity contribution in [1.29, 1.82) is 0 Å². The molecule has 0 atom stereocenters. The van der Waals surface area contributed by atoms with Crippen molar-refractivity contribution in [3.05, 3.63) is 53.8 Å². The van der Waals surface area contributed by atoms with Gasteiger partial charge < -0.3 is 15.4 Å². The summed E-state index contributed by atoms with van der Waals surface area (Å²) in [5.41, 5.74) is 8.29. The van der Waals surface area contributed by atoms with Gasteiger partial charge in [0.05, 0.1) is 7.11 Å². The highest BCUT2D eigenvalue weighted by Crippen LogP contribution is 2.29. The summed E-state index contributed by atoms with van der Waals surface area (Å²) < 4.78 is 18.4.